The molecule has 0 radical (unpaired) electrons. The second kappa shape index (κ2) is 6.53. The molecule has 6 heteroatoms. The largest absolute Gasteiger partial charge is 0.458 e. The molecule has 0 amide bonds. The fourth-order valence-corrected chi connectivity index (χ4v) is 2.68. The lowest BCUT2D eigenvalue weighted by molar-refractivity contribution is -0.123. The number of nitrogens with two attached hydrogens (primary N) is 1. The van der Waals surface area contributed by atoms with Gasteiger partial charge in [-0.15, -0.1) is 0 Å². The topological polar surface area (TPSA) is 74.4 Å². The van der Waals surface area contributed by atoms with Crippen LogP contribution in [0.15, 0.2) is 66.4 Å². The molecular formula is C16H14N2O3S. The number of benzene rings is 1. The summed E-state index contributed by atoms with van der Waals surface area (Å²) in [6, 6.07) is 15.1. The van der Waals surface area contributed by atoms with Crippen molar-refractivity contribution in [2.75, 3.05) is 0 Å². The fraction of sp³-hybridized carbons (Fsp3) is 0.125. The first-order valence-corrected chi connectivity index (χ1v) is 7.61. The Bertz CT molecular complexity index is 689. The molecule has 1 aliphatic rings. The molecule has 22 heavy (non-hydrogen) atoms. The first-order valence-electron chi connectivity index (χ1n) is 6.70. The summed E-state index contributed by atoms with van der Waals surface area (Å²) < 4.78 is 10.8. The van der Waals surface area contributed by atoms with Crippen LogP contribution >= 0.6 is 12.0 Å². The standard InChI is InChI=1S/C16H14N2O3S/c17-16-15(21-22-10-11-6-2-1-3-7-11)13(19)14(20-16)12-8-4-5-9-18-12/h1-9,14H,10,17H2. The molecule has 0 spiro atoms. The van der Waals surface area contributed by atoms with Crippen LogP contribution in [0.3, 0.4) is 0 Å². The molecule has 2 heterocycles. The number of ether oxygens (including phenoxy) is 1. The Kier molecular flexibility index (Phi) is 4.29. The van der Waals surface area contributed by atoms with Crippen LogP contribution < -0.4 is 5.73 Å². The molecule has 0 saturated carbocycles. The SMILES string of the molecule is NC1=C(OSCc2ccccc2)C(=O)C(c2ccccn2)O1. The summed E-state index contributed by atoms with van der Waals surface area (Å²) in [6.07, 6.45) is 0.777. The average Bonchev–Trinajstić information content (AvgIpc) is 2.85. The molecule has 3 rings (SSSR count). The van der Waals surface area contributed by atoms with Gasteiger partial charge in [0.25, 0.3) is 5.78 Å². The van der Waals surface area contributed by atoms with E-state index in [0.29, 0.717) is 11.4 Å². The van der Waals surface area contributed by atoms with Crippen molar-refractivity contribution in [3.05, 3.63) is 77.6 Å². The monoisotopic (exact) mass is 314 g/mol. The normalized spacial score (nSPS) is 17.5. The molecule has 2 N–H and O–H groups in total. The first-order chi connectivity index (χ1) is 10.8. The number of carbonyl (C=O) groups is 1. The second-order valence-corrected chi connectivity index (χ2v) is 5.33. The molecule has 1 aromatic carbocycles. The van der Waals surface area contributed by atoms with E-state index in [1.165, 1.54) is 0 Å². The van der Waals surface area contributed by atoms with Gasteiger partial charge < -0.3 is 14.7 Å². The van der Waals surface area contributed by atoms with Gasteiger partial charge in [-0.1, -0.05) is 36.4 Å². The molecule has 0 aliphatic carbocycles. The van der Waals surface area contributed by atoms with Crippen LogP contribution in [-0.4, -0.2) is 10.8 Å². The maximum absolute atomic E-state index is 12.3. The second-order valence-electron chi connectivity index (χ2n) is 4.64. The Morgan fingerprint density at radius 3 is 2.68 bits per heavy atom. The zero-order chi connectivity index (χ0) is 15.4. The molecular weight excluding hydrogens is 300 g/mol. The predicted octanol–water partition coefficient (Wildman–Crippen LogP) is 2.71. The number of hydrogen-bond donors (Lipinski definition) is 1. The van der Waals surface area contributed by atoms with Crippen LogP contribution in [0.1, 0.15) is 17.4 Å². The highest BCUT2D eigenvalue weighted by Gasteiger charge is 2.38. The van der Waals surface area contributed by atoms with Crippen LogP contribution in [0, 0.1) is 0 Å². The van der Waals surface area contributed by atoms with E-state index in [4.69, 9.17) is 14.7 Å². The van der Waals surface area contributed by atoms with E-state index >= 15 is 0 Å². The first kappa shape index (κ1) is 14.5. The van der Waals surface area contributed by atoms with Crippen LogP contribution in [0.25, 0.3) is 0 Å². The molecule has 2 aromatic rings. The molecule has 0 fully saturated rings. The number of rotatable bonds is 5. The number of pyridine rings is 1. The maximum atomic E-state index is 12.3. The fourth-order valence-electron chi connectivity index (χ4n) is 2.01. The lowest BCUT2D eigenvalue weighted by atomic mass is 10.1. The van der Waals surface area contributed by atoms with Gasteiger partial charge in [0.2, 0.25) is 17.7 Å². The Labute approximate surface area is 132 Å². The van der Waals surface area contributed by atoms with Crippen molar-refractivity contribution in [2.24, 2.45) is 5.73 Å². The summed E-state index contributed by atoms with van der Waals surface area (Å²) in [5.74, 6) is 0.355. The molecule has 0 bridgehead atoms. The van der Waals surface area contributed by atoms with Crippen molar-refractivity contribution in [1.82, 2.24) is 4.98 Å². The van der Waals surface area contributed by atoms with Gasteiger partial charge >= 0.3 is 0 Å². The van der Waals surface area contributed by atoms with Crippen LogP contribution in [0.2, 0.25) is 0 Å². The third kappa shape index (κ3) is 3.07. The minimum absolute atomic E-state index is 0.00112. The van der Waals surface area contributed by atoms with Crippen LogP contribution in [0.4, 0.5) is 0 Å². The zero-order valence-corrected chi connectivity index (χ0v) is 12.5. The lowest BCUT2D eigenvalue weighted by Gasteiger charge is -2.08. The van der Waals surface area contributed by atoms with E-state index < -0.39 is 6.10 Å². The molecule has 5 nitrogen and oxygen atoms in total. The maximum Gasteiger partial charge on any atom is 0.251 e. The highest BCUT2D eigenvalue weighted by atomic mass is 32.2. The van der Waals surface area contributed by atoms with Gasteiger partial charge in [-0.2, -0.15) is 0 Å². The predicted molar refractivity (Wildman–Crippen MR) is 83.1 cm³/mol. The summed E-state index contributed by atoms with van der Waals surface area (Å²) in [6.45, 7) is 0. The van der Waals surface area contributed by atoms with E-state index in [-0.39, 0.29) is 17.4 Å². The third-order valence-corrected chi connectivity index (χ3v) is 3.83. The van der Waals surface area contributed by atoms with Crippen LogP contribution in [-0.2, 0) is 19.5 Å². The van der Waals surface area contributed by atoms with Crippen LogP contribution in [0.5, 0.6) is 0 Å². The summed E-state index contributed by atoms with van der Waals surface area (Å²) in [4.78, 5) is 16.4. The molecule has 1 atom stereocenters. The van der Waals surface area contributed by atoms with Crippen molar-refractivity contribution < 1.29 is 13.7 Å². The van der Waals surface area contributed by atoms with Gasteiger partial charge in [0.15, 0.2) is 0 Å². The number of nitrogens with zero attached hydrogens (tertiary/aromatic N) is 1. The Hall–Kier alpha value is -2.47. The van der Waals surface area contributed by atoms with Crippen molar-refractivity contribution in [3.63, 3.8) is 0 Å². The highest BCUT2D eigenvalue weighted by molar-refractivity contribution is 7.94. The Morgan fingerprint density at radius 1 is 1.18 bits per heavy atom. The molecule has 1 aliphatic heterocycles. The third-order valence-electron chi connectivity index (χ3n) is 3.10. The van der Waals surface area contributed by atoms with Gasteiger partial charge in [0.05, 0.1) is 23.5 Å². The summed E-state index contributed by atoms with van der Waals surface area (Å²) in [5.41, 5.74) is 7.36. The van der Waals surface area contributed by atoms with E-state index in [0.717, 1.165) is 17.6 Å². The van der Waals surface area contributed by atoms with Crippen molar-refractivity contribution >= 4 is 17.8 Å². The zero-order valence-electron chi connectivity index (χ0n) is 11.6. The van der Waals surface area contributed by atoms with E-state index in [1.807, 2.05) is 30.3 Å². The van der Waals surface area contributed by atoms with E-state index in [2.05, 4.69) is 4.98 Å². The summed E-state index contributed by atoms with van der Waals surface area (Å²) in [7, 11) is 0. The van der Waals surface area contributed by atoms with Gasteiger partial charge in [0, 0.05) is 6.20 Å². The Balaban J connectivity index is 1.62. The number of hydrogen-bond acceptors (Lipinski definition) is 6. The molecule has 0 saturated heterocycles. The highest BCUT2D eigenvalue weighted by Crippen LogP contribution is 2.32. The van der Waals surface area contributed by atoms with Crippen molar-refractivity contribution in [1.29, 1.82) is 0 Å². The minimum Gasteiger partial charge on any atom is -0.458 e. The van der Waals surface area contributed by atoms with Gasteiger partial charge in [0.1, 0.15) is 0 Å². The quantitative estimate of drug-likeness (QED) is 0.855. The minimum atomic E-state index is -0.825. The Morgan fingerprint density at radius 2 is 1.95 bits per heavy atom. The van der Waals surface area contributed by atoms with E-state index in [9.17, 15) is 4.79 Å². The summed E-state index contributed by atoms with van der Waals surface area (Å²) in [5, 5.41) is 0. The lowest BCUT2D eigenvalue weighted by Crippen LogP contribution is -2.11. The van der Waals surface area contributed by atoms with Crippen molar-refractivity contribution in [2.45, 2.75) is 11.9 Å². The number of Topliss-reactive ketones (excluding diaryl/α,β-unsaturated/α-hetero) is 1. The van der Waals surface area contributed by atoms with E-state index in [1.54, 1.807) is 24.4 Å². The van der Waals surface area contributed by atoms with Crippen molar-refractivity contribution in [3.8, 4) is 0 Å². The number of carbonyl (C=O) groups excluding carboxylic acids is 1. The summed E-state index contributed by atoms with van der Waals surface area (Å²) >= 11 is 1.15. The van der Waals surface area contributed by atoms with Gasteiger partial charge in [-0.05, 0) is 17.7 Å². The molecule has 1 unspecified atom stereocenters. The average molecular weight is 314 g/mol. The smallest absolute Gasteiger partial charge is 0.251 e. The molecule has 1 aromatic heterocycles. The molecule has 112 valence electrons. The van der Waals surface area contributed by atoms with Gasteiger partial charge in [-0.25, -0.2) is 0 Å². The number of aromatic nitrogens is 1. The number of ketones is 1. The van der Waals surface area contributed by atoms with Gasteiger partial charge in [-0.3, -0.25) is 9.78 Å².